The quantitative estimate of drug-likeness (QED) is 0.558. The van der Waals surface area contributed by atoms with Crippen LogP contribution in [0.15, 0.2) is 23.2 Å². The lowest BCUT2D eigenvalue weighted by Crippen LogP contribution is -2.52. The molecule has 0 spiro atoms. The van der Waals surface area contributed by atoms with Crippen LogP contribution in [0.1, 0.15) is 25.0 Å². The molecule has 1 aromatic rings. The number of aliphatic imine (C=N–C) groups is 1. The van der Waals surface area contributed by atoms with Gasteiger partial charge in [0.05, 0.1) is 13.2 Å². The number of ether oxygens (including phenoxy) is 2. The summed E-state index contributed by atoms with van der Waals surface area (Å²) >= 11 is 0. The van der Waals surface area contributed by atoms with E-state index in [9.17, 15) is 8.78 Å². The van der Waals surface area contributed by atoms with Crippen molar-refractivity contribution in [3.8, 4) is 5.75 Å². The standard InChI is InChI=1S/C19H30F2N4O2/c1-13-5-6-17(27-18(20)21)16(9-13)11-24-19(22-4)23-10-14(2)25-7-8-26-12-15(25)3/h5-6,9,14-15,18H,7-8,10-12H2,1-4H3,(H2,22,23,24). The van der Waals surface area contributed by atoms with Crippen LogP contribution >= 0.6 is 0 Å². The highest BCUT2D eigenvalue weighted by Crippen LogP contribution is 2.22. The number of aryl methyl sites for hydroxylation is 1. The Morgan fingerprint density at radius 1 is 1.41 bits per heavy atom. The summed E-state index contributed by atoms with van der Waals surface area (Å²) in [6.45, 7) is 6.85. The molecule has 2 unspecified atom stereocenters. The van der Waals surface area contributed by atoms with Gasteiger partial charge in [-0.3, -0.25) is 9.89 Å². The minimum absolute atomic E-state index is 0.175. The number of nitrogens with one attached hydrogen (secondary N) is 2. The number of benzene rings is 1. The first-order chi connectivity index (χ1) is 12.9. The third-order valence-corrected chi connectivity index (χ3v) is 4.65. The number of alkyl halides is 2. The molecule has 0 aromatic heterocycles. The predicted octanol–water partition coefficient (Wildman–Crippen LogP) is 2.37. The van der Waals surface area contributed by atoms with Gasteiger partial charge in [0.2, 0.25) is 0 Å². The number of hydrogen-bond donors (Lipinski definition) is 2. The van der Waals surface area contributed by atoms with E-state index >= 15 is 0 Å². The van der Waals surface area contributed by atoms with E-state index in [0.29, 0.717) is 30.2 Å². The van der Waals surface area contributed by atoms with Gasteiger partial charge in [-0.25, -0.2) is 0 Å². The molecule has 8 heteroatoms. The highest BCUT2D eigenvalue weighted by Gasteiger charge is 2.23. The number of hydrogen-bond acceptors (Lipinski definition) is 4. The Bertz CT molecular complexity index is 628. The SMILES string of the molecule is CN=C(NCc1cc(C)ccc1OC(F)F)NCC(C)N1CCOCC1C. The molecule has 6 nitrogen and oxygen atoms in total. The number of nitrogens with zero attached hydrogens (tertiary/aromatic N) is 2. The van der Waals surface area contributed by atoms with Crippen LogP contribution in [0.25, 0.3) is 0 Å². The Morgan fingerprint density at radius 3 is 2.85 bits per heavy atom. The average molecular weight is 384 g/mol. The number of rotatable bonds is 7. The first-order valence-electron chi connectivity index (χ1n) is 9.23. The average Bonchev–Trinajstić information content (AvgIpc) is 2.63. The second-order valence-electron chi connectivity index (χ2n) is 6.81. The Balaban J connectivity index is 1.89. The maximum absolute atomic E-state index is 12.6. The van der Waals surface area contributed by atoms with E-state index in [4.69, 9.17) is 4.74 Å². The zero-order chi connectivity index (χ0) is 19.8. The van der Waals surface area contributed by atoms with Crippen molar-refractivity contribution in [2.75, 3.05) is 33.4 Å². The topological polar surface area (TPSA) is 58.1 Å². The zero-order valence-corrected chi connectivity index (χ0v) is 16.5. The van der Waals surface area contributed by atoms with Gasteiger partial charge in [0.1, 0.15) is 5.75 Å². The van der Waals surface area contributed by atoms with Crippen molar-refractivity contribution in [2.24, 2.45) is 4.99 Å². The summed E-state index contributed by atoms with van der Waals surface area (Å²) in [5, 5.41) is 6.47. The van der Waals surface area contributed by atoms with Crippen molar-refractivity contribution in [2.45, 2.75) is 46.0 Å². The summed E-state index contributed by atoms with van der Waals surface area (Å²) in [7, 11) is 1.68. The minimum atomic E-state index is -2.85. The van der Waals surface area contributed by atoms with Gasteiger partial charge in [-0.05, 0) is 26.8 Å². The summed E-state index contributed by atoms with van der Waals surface area (Å²) < 4.78 is 35.3. The maximum Gasteiger partial charge on any atom is 0.387 e. The smallest absolute Gasteiger partial charge is 0.387 e. The molecule has 2 rings (SSSR count). The van der Waals surface area contributed by atoms with E-state index in [1.807, 2.05) is 13.0 Å². The van der Waals surface area contributed by atoms with E-state index in [0.717, 1.165) is 31.9 Å². The van der Waals surface area contributed by atoms with Gasteiger partial charge in [0.15, 0.2) is 5.96 Å². The lowest BCUT2D eigenvalue weighted by Gasteiger charge is -2.38. The lowest BCUT2D eigenvalue weighted by molar-refractivity contribution is -0.0504. The molecule has 27 heavy (non-hydrogen) atoms. The van der Waals surface area contributed by atoms with Crippen LogP contribution in [-0.4, -0.2) is 62.9 Å². The van der Waals surface area contributed by atoms with Crippen LogP contribution in [-0.2, 0) is 11.3 Å². The van der Waals surface area contributed by atoms with Gasteiger partial charge < -0.3 is 20.1 Å². The van der Waals surface area contributed by atoms with Crippen molar-refractivity contribution in [3.63, 3.8) is 0 Å². The van der Waals surface area contributed by atoms with Crippen LogP contribution in [0.2, 0.25) is 0 Å². The van der Waals surface area contributed by atoms with Crippen LogP contribution < -0.4 is 15.4 Å². The summed E-state index contributed by atoms with van der Waals surface area (Å²) in [4.78, 5) is 6.62. The van der Waals surface area contributed by atoms with E-state index in [-0.39, 0.29) is 5.75 Å². The third kappa shape index (κ3) is 6.62. The van der Waals surface area contributed by atoms with Crippen molar-refractivity contribution in [3.05, 3.63) is 29.3 Å². The third-order valence-electron chi connectivity index (χ3n) is 4.65. The monoisotopic (exact) mass is 384 g/mol. The highest BCUT2D eigenvalue weighted by atomic mass is 19.3. The van der Waals surface area contributed by atoms with E-state index < -0.39 is 6.61 Å². The molecule has 0 amide bonds. The summed E-state index contributed by atoms with van der Waals surface area (Å²) in [5.41, 5.74) is 1.64. The largest absolute Gasteiger partial charge is 0.434 e. The van der Waals surface area contributed by atoms with Crippen molar-refractivity contribution >= 4 is 5.96 Å². The minimum Gasteiger partial charge on any atom is -0.434 e. The van der Waals surface area contributed by atoms with Crippen LogP contribution in [0.4, 0.5) is 8.78 Å². The van der Waals surface area contributed by atoms with Crippen molar-refractivity contribution in [1.29, 1.82) is 0 Å². The summed E-state index contributed by atoms with van der Waals surface area (Å²) in [6.07, 6.45) is 0. The Labute approximate surface area is 159 Å². The second kappa shape index (κ2) is 10.4. The highest BCUT2D eigenvalue weighted by molar-refractivity contribution is 5.79. The molecule has 0 bridgehead atoms. The number of halogens is 2. The molecule has 2 N–H and O–H groups in total. The van der Waals surface area contributed by atoms with Crippen LogP contribution in [0.3, 0.4) is 0 Å². The normalized spacial score (nSPS) is 19.8. The van der Waals surface area contributed by atoms with Gasteiger partial charge in [0, 0.05) is 44.3 Å². The van der Waals surface area contributed by atoms with Gasteiger partial charge in [-0.15, -0.1) is 0 Å². The molecular weight excluding hydrogens is 354 g/mol. The van der Waals surface area contributed by atoms with E-state index in [1.165, 1.54) is 0 Å². The molecule has 0 radical (unpaired) electrons. The van der Waals surface area contributed by atoms with Crippen LogP contribution in [0.5, 0.6) is 5.75 Å². The van der Waals surface area contributed by atoms with Crippen molar-refractivity contribution in [1.82, 2.24) is 15.5 Å². The molecule has 1 heterocycles. The molecule has 1 aromatic carbocycles. The summed E-state index contributed by atoms with van der Waals surface area (Å²) in [6, 6.07) is 5.84. The second-order valence-corrected chi connectivity index (χ2v) is 6.81. The van der Waals surface area contributed by atoms with Gasteiger partial charge >= 0.3 is 6.61 Å². The lowest BCUT2D eigenvalue weighted by atomic mass is 10.1. The molecule has 1 aliphatic heterocycles. The molecule has 1 fully saturated rings. The van der Waals surface area contributed by atoms with Gasteiger partial charge in [-0.2, -0.15) is 8.78 Å². The maximum atomic E-state index is 12.6. The van der Waals surface area contributed by atoms with E-state index in [2.05, 4.69) is 39.1 Å². The van der Waals surface area contributed by atoms with E-state index in [1.54, 1.807) is 19.2 Å². The predicted molar refractivity (Wildman–Crippen MR) is 102 cm³/mol. The van der Waals surface area contributed by atoms with Gasteiger partial charge in [-0.1, -0.05) is 17.7 Å². The number of morpholine rings is 1. The molecule has 1 saturated heterocycles. The fourth-order valence-corrected chi connectivity index (χ4v) is 3.21. The molecule has 0 saturated carbocycles. The Kier molecular flexibility index (Phi) is 8.24. The molecular formula is C19H30F2N4O2. The van der Waals surface area contributed by atoms with Crippen molar-refractivity contribution < 1.29 is 18.3 Å². The van der Waals surface area contributed by atoms with Gasteiger partial charge in [0.25, 0.3) is 0 Å². The molecule has 0 aliphatic carbocycles. The fourth-order valence-electron chi connectivity index (χ4n) is 3.21. The Morgan fingerprint density at radius 2 is 2.19 bits per heavy atom. The molecule has 152 valence electrons. The zero-order valence-electron chi connectivity index (χ0n) is 16.5. The Hall–Kier alpha value is -1.93. The molecule has 1 aliphatic rings. The first-order valence-corrected chi connectivity index (χ1v) is 9.23. The number of guanidine groups is 1. The fraction of sp³-hybridized carbons (Fsp3) is 0.632. The summed E-state index contributed by atoms with van der Waals surface area (Å²) in [5.74, 6) is 0.793. The van der Waals surface area contributed by atoms with Crippen LogP contribution in [0, 0.1) is 6.92 Å². The molecule has 2 atom stereocenters. The first kappa shape index (κ1) is 21.4.